The molecular weight excluding hydrogens is 632 g/mol. The van der Waals surface area contributed by atoms with Crippen LogP contribution in [0.4, 0.5) is 0 Å². The van der Waals surface area contributed by atoms with Crippen molar-refractivity contribution in [1.82, 2.24) is 0 Å². The van der Waals surface area contributed by atoms with Crippen molar-refractivity contribution in [2.45, 2.75) is 87.0 Å². The highest BCUT2D eigenvalue weighted by Gasteiger charge is 2.74. The minimum Gasteiger partial charge on any atom is -0.478 e. The summed E-state index contributed by atoms with van der Waals surface area (Å²) in [5.41, 5.74) is -1.70. The van der Waals surface area contributed by atoms with Gasteiger partial charge in [-0.3, -0.25) is 9.59 Å². The van der Waals surface area contributed by atoms with E-state index in [2.05, 4.69) is 65.8 Å². The Balaban J connectivity index is 1.02. The van der Waals surface area contributed by atoms with Crippen LogP contribution in [0.3, 0.4) is 0 Å². The highest BCUT2D eigenvalue weighted by molar-refractivity contribution is 6.06. The summed E-state index contributed by atoms with van der Waals surface area (Å²) in [5, 5.41) is 9.61. The van der Waals surface area contributed by atoms with Crippen LogP contribution < -0.4 is 0 Å². The molecule has 0 spiro atoms. The van der Waals surface area contributed by atoms with Crippen LogP contribution >= 0.6 is 0 Å². The zero-order valence-corrected chi connectivity index (χ0v) is 30.4. The van der Waals surface area contributed by atoms with Crippen molar-refractivity contribution in [1.29, 1.82) is 0 Å². The molecule has 8 bridgehead atoms. The van der Waals surface area contributed by atoms with Gasteiger partial charge in [0.2, 0.25) is 0 Å². The molecule has 1 N–H and O–H groups in total. The summed E-state index contributed by atoms with van der Waals surface area (Å²) in [6.45, 7) is 14.4. The topological polar surface area (TPSA) is 124 Å². The van der Waals surface area contributed by atoms with Crippen LogP contribution in [0.25, 0.3) is 0 Å². The summed E-state index contributed by atoms with van der Waals surface area (Å²) in [6.07, 6.45) is 16.6. The predicted octanol–water partition coefficient (Wildman–Crippen LogP) is 7.10. The third kappa shape index (κ3) is 4.44. The molecule has 14 atom stereocenters. The summed E-state index contributed by atoms with van der Waals surface area (Å²) >= 11 is 0. The van der Waals surface area contributed by atoms with E-state index in [0.717, 1.165) is 37.8 Å². The Kier molecular flexibility index (Phi) is 7.35. The molecule has 14 unspecified atom stereocenters. The van der Waals surface area contributed by atoms with Crippen LogP contribution in [0.2, 0.25) is 0 Å². The number of fused-ring (bicyclic) bond motifs is 18. The lowest BCUT2D eigenvalue weighted by atomic mass is 9.51. The summed E-state index contributed by atoms with van der Waals surface area (Å²) in [5.74, 6) is -1.07. The van der Waals surface area contributed by atoms with E-state index in [1.54, 1.807) is 0 Å². The van der Waals surface area contributed by atoms with Crippen LogP contribution in [0.5, 0.6) is 0 Å². The van der Waals surface area contributed by atoms with E-state index in [1.165, 1.54) is 6.92 Å². The van der Waals surface area contributed by atoms with Gasteiger partial charge in [0, 0.05) is 11.6 Å². The number of allylic oxidation sites excluding steroid dienone is 4. The highest BCUT2D eigenvalue weighted by Crippen LogP contribution is 2.78. The predicted molar refractivity (Wildman–Crippen MR) is 183 cm³/mol. The van der Waals surface area contributed by atoms with Crippen molar-refractivity contribution in [2.75, 3.05) is 0 Å². The Labute approximate surface area is 295 Å². The van der Waals surface area contributed by atoms with Gasteiger partial charge < -0.3 is 14.6 Å². The molecule has 8 heteroatoms. The fourth-order valence-corrected chi connectivity index (χ4v) is 14.4. The molecule has 0 aromatic rings. The Bertz CT molecular complexity index is 1700. The maximum absolute atomic E-state index is 14.0. The maximum atomic E-state index is 14.0. The maximum Gasteiger partial charge on any atom is 0.346 e. The number of rotatable bonds is 6. The van der Waals surface area contributed by atoms with Crippen molar-refractivity contribution in [2.24, 2.45) is 92.7 Å². The van der Waals surface area contributed by atoms with Crippen LogP contribution in [0, 0.1) is 92.7 Å². The second-order valence-corrected chi connectivity index (χ2v) is 19.4. The quantitative estimate of drug-likeness (QED) is 0.0785. The monoisotopic (exact) mass is 684 g/mol. The largest absolute Gasteiger partial charge is 0.478 e. The van der Waals surface area contributed by atoms with Gasteiger partial charge >= 0.3 is 29.8 Å². The first-order valence-electron chi connectivity index (χ1n) is 18.9. The number of carboxylic acid groups (broad SMARTS) is 1. The standard InChI is InChI=1S/C42H52O8/c1-20(35(44)45)12-25(36(46)50-38(48)29-16-27-19-42(29,40(5,6)7)34-24-11-9-22(14-24)32(27)34)17-30(43)49-37(47)28-15-26-18-41(28,39(2,3)4)33-23-10-8-21(13-23)31(26)33/h8-12,17,21-24,26-29,31-34H,13-16,18-19H2,1-7H3,(H,44,45)/b20-12?,25-17-. The van der Waals surface area contributed by atoms with Gasteiger partial charge in [0.1, 0.15) is 0 Å². The van der Waals surface area contributed by atoms with Crippen molar-refractivity contribution in [3.8, 4) is 0 Å². The molecule has 268 valence electrons. The van der Waals surface area contributed by atoms with Crippen LogP contribution in [0.15, 0.2) is 47.6 Å². The van der Waals surface area contributed by atoms with Gasteiger partial charge in [-0.25, -0.2) is 14.4 Å². The Morgan fingerprint density at radius 3 is 1.54 bits per heavy atom. The minimum absolute atomic E-state index is 0.197. The molecule has 8 aliphatic carbocycles. The normalized spacial score (nSPS) is 44.5. The second kappa shape index (κ2) is 10.9. The van der Waals surface area contributed by atoms with Gasteiger partial charge in [0.05, 0.1) is 17.4 Å². The first-order valence-corrected chi connectivity index (χ1v) is 18.9. The zero-order valence-electron chi connectivity index (χ0n) is 30.4. The molecule has 6 fully saturated rings. The number of ether oxygens (including phenoxy) is 2. The third-order valence-electron chi connectivity index (χ3n) is 15.8. The number of carbonyl (C=O) groups is 5. The fraction of sp³-hybridized carbons (Fsp3) is 0.690. The molecular formula is C42H52O8. The molecule has 0 amide bonds. The molecule has 50 heavy (non-hydrogen) atoms. The lowest BCUT2D eigenvalue weighted by molar-refractivity contribution is -0.171. The van der Waals surface area contributed by atoms with Gasteiger partial charge in [-0.05, 0) is 132 Å². The van der Waals surface area contributed by atoms with E-state index in [1.807, 2.05) is 0 Å². The third-order valence-corrected chi connectivity index (χ3v) is 15.8. The number of carboxylic acids is 1. The van der Waals surface area contributed by atoms with E-state index < -0.39 is 47.3 Å². The van der Waals surface area contributed by atoms with Crippen molar-refractivity contribution >= 4 is 29.8 Å². The molecule has 8 nitrogen and oxygen atoms in total. The molecule has 8 rings (SSSR count). The lowest BCUT2D eigenvalue weighted by Crippen LogP contribution is -2.51. The molecule has 0 saturated heterocycles. The van der Waals surface area contributed by atoms with Gasteiger partial charge in [-0.1, -0.05) is 65.8 Å². The molecule has 8 aliphatic rings. The smallest absolute Gasteiger partial charge is 0.346 e. The van der Waals surface area contributed by atoms with E-state index >= 15 is 0 Å². The summed E-state index contributed by atoms with van der Waals surface area (Å²) < 4.78 is 11.1. The van der Waals surface area contributed by atoms with Crippen molar-refractivity contribution < 1.29 is 38.6 Å². The van der Waals surface area contributed by atoms with Gasteiger partial charge in [0.15, 0.2) is 0 Å². The summed E-state index contributed by atoms with van der Waals surface area (Å²) in [7, 11) is 0. The first-order chi connectivity index (χ1) is 23.4. The average molecular weight is 685 g/mol. The summed E-state index contributed by atoms with van der Waals surface area (Å²) in [4.78, 5) is 66.8. The van der Waals surface area contributed by atoms with Crippen LogP contribution in [0.1, 0.15) is 87.0 Å². The molecule has 6 saturated carbocycles. The van der Waals surface area contributed by atoms with Crippen molar-refractivity contribution in [3.63, 3.8) is 0 Å². The van der Waals surface area contributed by atoms with E-state index in [0.29, 0.717) is 72.0 Å². The number of carbonyl (C=O) groups excluding carboxylic acids is 4. The first kappa shape index (κ1) is 33.8. The number of hydrogen-bond donors (Lipinski definition) is 1. The fourth-order valence-electron chi connectivity index (χ4n) is 14.4. The zero-order chi connectivity index (χ0) is 35.9. The molecule has 0 heterocycles. The lowest BCUT2D eigenvalue weighted by Gasteiger charge is -2.52. The molecule has 0 radical (unpaired) electrons. The number of esters is 4. The number of hydrogen-bond acceptors (Lipinski definition) is 7. The van der Waals surface area contributed by atoms with E-state index in [4.69, 9.17) is 9.47 Å². The Hall–Kier alpha value is -3.29. The Morgan fingerprint density at radius 1 is 0.660 bits per heavy atom. The average Bonchev–Trinajstić information content (AvgIpc) is 3.88. The second-order valence-electron chi connectivity index (χ2n) is 19.4. The van der Waals surface area contributed by atoms with Crippen LogP contribution in [-0.2, 0) is 33.4 Å². The van der Waals surface area contributed by atoms with E-state index in [-0.39, 0.29) is 27.2 Å². The molecule has 0 aromatic heterocycles. The minimum atomic E-state index is -1.29. The highest BCUT2D eigenvalue weighted by atomic mass is 16.6. The Morgan fingerprint density at radius 2 is 1.10 bits per heavy atom. The van der Waals surface area contributed by atoms with E-state index in [9.17, 15) is 29.1 Å². The molecule has 0 aliphatic heterocycles. The molecule has 0 aromatic carbocycles. The number of aliphatic carboxylic acids is 1. The van der Waals surface area contributed by atoms with Gasteiger partial charge in [0.25, 0.3) is 0 Å². The van der Waals surface area contributed by atoms with Crippen LogP contribution in [-0.4, -0.2) is 35.0 Å². The van der Waals surface area contributed by atoms with Gasteiger partial charge in [-0.15, -0.1) is 0 Å². The SMILES string of the molecule is CC(=C/C(=C/C(=O)OC(=O)C1CC2CC1(C(C)(C)C)C1C3C=CC(C3)C21)C(=O)OC(=O)C1CC2CC1(C(C)(C)C)C1C3C=CC(C3)C21)C(=O)O. The van der Waals surface area contributed by atoms with Gasteiger partial charge in [-0.2, -0.15) is 0 Å². The van der Waals surface area contributed by atoms with Crippen molar-refractivity contribution in [3.05, 3.63) is 47.6 Å². The summed E-state index contributed by atoms with van der Waals surface area (Å²) in [6, 6.07) is 0.